The van der Waals surface area contributed by atoms with Gasteiger partial charge in [0.1, 0.15) is 5.75 Å². The van der Waals surface area contributed by atoms with Gasteiger partial charge in [-0.3, -0.25) is 14.9 Å². The first-order valence-corrected chi connectivity index (χ1v) is 14.4. The molecule has 1 aliphatic rings. The quantitative estimate of drug-likeness (QED) is 0.290. The molecule has 2 aromatic carbocycles. The molecule has 1 fully saturated rings. The van der Waals surface area contributed by atoms with E-state index in [-0.39, 0.29) is 17.2 Å². The van der Waals surface area contributed by atoms with Crippen molar-refractivity contribution >= 4 is 55.8 Å². The van der Waals surface area contributed by atoms with Crippen LogP contribution in [0.2, 0.25) is 0 Å². The number of carbonyl (C=O) groups excluding carboxylic acids is 2. The topological polar surface area (TPSA) is 131 Å². The Morgan fingerprint density at radius 2 is 1.78 bits per heavy atom. The summed E-state index contributed by atoms with van der Waals surface area (Å²) in [5, 5.41) is 13.8. The Morgan fingerprint density at radius 3 is 2.50 bits per heavy atom. The van der Waals surface area contributed by atoms with E-state index in [2.05, 4.69) is 20.8 Å². The molecule has 1 aromatic heterocycles. The Labute approximate surface area is 217 Å². The standard InChI is InChI=1S/C23H25N5O5S3/c1-33-19-7-3-2-6-18(19)24-20(29)12-15-34-23-27-26-22(35-23)25-21(30)16-8-10-17(11-9-16)36(31,32)28-13-4-5-14-28/h2-3,6-11H,4-5,12-15H2,1H3,(H,24,29)(H,25,26,30). The Bertz CT molecular complexity index is 1320. The summed E-state index contributed by atoms with van der Waals surface area (Å²) in [6, 6.07) is 13.0. The Balaban J connectivity index is 1.26. The van der Waals surface area contributed by atoms with Gasteiger partial charge in [0.05, 0.1) is 17.7 Å². The van der Waals surface area contributed by atoms with E-state index < -0.39 is 15.9 Å². The zero-order valence-electron chi connectivity index (χ0n) is 19.5. The second-order valence-electron chi connectivity index (χ2n) is 7.81. The number of hydrogen-bond donors (Lipinski definition) is 2. The van der Waals surface area contributed by atoms with Gasteiger partial charge in [-0.15, -0.1) is 10.2 Å². The second kappa shape index (κ2) is 11.8. The number of amides is 2. The van der Waals surface area contributed by atoms with E-state index in [4.69, 9.17) is 4.74 Å². The zero-order chi connectivity index (χ0) is 25.5. The van der Waals surface area contributed by atoms with Crippen LogP contribution in [0.1, 0.15) is 29.6 Å². The van der Waals surface area contributed by atoms with Gasteiger partial charge in [-0.25, -0.2) is 8.42 Å². The van der Waals surface area contributed by atoms with Crippen LogP contribution in [0.4, 0.5) is 10.8 Å². The van der Waals surface area contributed by atoms with Crippen molar-refractivity contribution in [2.45, 2.75) is 28.5 Å². The van der Waals surface area contributed by atoms with E-state index in [1.54, 1.807) is 19.2 Å². The molecular formula is C23H25N5O5S3. The Morgan fingerprint density at radius 1 is 1.06 bits per heavy atom. The van der Waals surface area contributed by atoms with Crippen LogP contribution in [0, 0.1) is 0 Å². The smallest absolute Gasteiger partial charge is 0.257 e. The fourth-order valence-electron chi connectivity index (χ4n) is 3.54. The number of thioether (sulfide) groups is 1. The van der Waals surface area contributed by atoms with Crippen LogP contribution in [0.25, 0.3) is 0 Å². The van der Waals surface area contributed by atoms with Gasteiger partial charge in [-0.05, 0) is 49.2 Å². The van der Waals surface area contributed by atoms with E-state index in [1.165, 1.54) is 51.7 Å². The number of nitrogens with one attached hydrogen (secondary N) is 2. The fourth-order valence-corrected chi connectivity index (χ4v) is 6.81. The van der Waals surface area contributed by atoms with Crippen LogP contribution < -0.4 is 15.4 Å². The Hall–Kier alpha value is -3.00. The number of para-hydroxylation sites is 2. The summed E-state index contributed by atoms with van der Waals surface area (Å²) in [6.45, 7) is 1.04. The molecule has 190 valence electrons. The van der Waals surface area contributed by atoms with Crippen molar-refractivity contribution in [3.05, 3.63) is 54.1 Å². The summed E-state index contributed by atoms with van der Waals surface area (Å²) in [5.41, 5.74) is 0.922. The van der Waals surface area contributed by atoms with Crippen molar-refractivity contribution in [3.8, 4) is 5.75 Å². The zero-order valence-corrected chi connectivity index (χ0v) is 21.9. The minimum atomic E-state index is -3.53. The fraction of sp³-hybridized carbons (Fsp3) is 0.304. The molecule has 13 heteroatoms. The molecule has 0 radical (unpaired) electrons. The molecule has 2 amide bonds. The minimum absolute atomic E-state index is 0.153. The first kappa shape index (κ1) is 26.1. The summed E-state index contributed by atoms with van der Waals surface area (Å²) >= 11 is 2.56. The summed E-state index contributed by atoms with van der Waals surface area (Å²) in [6.07, 6.45) is 1.98. The molecule has 2 heterocycles. The van der Waals surface area contributed by atoms with E-state index in [1.807, 2.05) is 12.1 Å². The molecule has 0 bridgehead atoms. The van der Waals surface area contributed by atoms with Crippen molar-refractivity contribution in [2.24, 2.45) is 0 Å². The number of rotatable bonds is 10. The predicted octanol–water partition coefficient (Wildman–Crippen LogP) is 3.70. The maximum Gasteiger partial charge on any atom is 0.257 e. The molecular weight excluding hydrogens is 522 g/mol. The van der Waals surface area contributed by atoms with Gasteiger partial charge >= 0.3 is 0 Å². The van der Waals surface area contributed by atoms with Crippen molar-refractivity contribution in [1.29, 1.82) is 0 Å². The highest BCUT2D eigenvalue weighted by Crippen LogP contribution is 2.28. The third-order valence-electron chi connectivity index (χ3n) is 5.38. The molecule has 0 spiro atoms. The SMILES string of the molecule is COc1ccccc1NC(=O)CCSc1nnc(NC(=O)c2ccc(S(=O)(=O)N3CCCC3)cc2)s1. The lowest BCUT2D eigenvalue weighted by Crippen LogP contribution is -2.27. The van der Waals surface area contributed by atoms with Gasteiger partial charge in [0.2, 0.25) is 21.1 Å². The van der Waals surface area contributed by atoms with Crippen molar-refractivity contribution in [1.82, 2.24) is 14.5 Å². The van der Waals surface area contributed by atoms with E-state index >= 15 is 0 Å². The third kappa shape index (κ3) is 6.40. The number of ether oxygens (including phenoxy) is 1. The van der Waals surface area contributed by atoms with Crippen molar-refractivity contribution in [2.75, 3.05) is 36.6 Å². The number of benzene rings is 2. The number of nitrogens with zero attached hydrogens (tertiary/aromatic N) is 3. The molecule has 3 aromatic rings. The van der Waals surface area contributed by atoms with Crippen LogP contribution in [-0.2, 0) is 14.8 Å². The number of aromatic nitrogens is 2. The van der Waals surface area contributed by atoms with Gasteiger partial charge in [-0.2, -0.15) is 4.31 Å². The summed E-state index contributed by atoms with van der Waals surface area (Å²) in [7, 11) is -1.99. The molecule has 36 heavy (non-hydrogen) atoms. The monoisotopic (exact) mass is 547 g/mol. The molecule has 0 saturated carbocycles. The van der Waals surface area contributed by atoms with Gasteiger partial charge < -0.3 is 10.1 Å². The molecule has 0 atom stereocenters. The lowest BCUT2D eigenvalue weighted by molar-refractivity contribution is -0.115. The van der Waals surface area contributed by atoms with E-state index in [9.17, 15) is 18.0 Å². The summed E-state index contributed by atoms with van der Waals surface area (Å²) in [5.74, 6) is 0.506. The molecule has 10 nitrogen and oxygen atoms in total. The summed E-state index contributed by atoms with van der Waals surface area (Å²) in [4.78, 5) is 25.0. The van der Waals surface area contributed by atoms with Crippen molar-refractivity contribution in [3.63, 3.8) is 0 Å². The average Bonchev–Trinajstić information content (AvgIpc) is 3.57. The van der Waals surface area contributed by atoms with Crippen LogP contribution in [-0.4, -0.2) is 60.7 Å². The van der Waals surface area contributed by atoms with Crippen LogP contribution in [0.15, 0.2) is 57.8 Å². The molecule has 4 rings (SSSR count). The predicted molar refractivity (Wildman–Crippen MR) is 139 cm³/mol. The Kier molecular flexibility index (Phi) is 8.56. The number of carbonyl (C=O) groups is 2. The largest absolute Gasteiger partial charge is 0.495 e. The number of sulfonamides is 1. The number of hydrogen-bond acceptors (Lipinski definition) is 9. The highest BCUT2D eigenvalue weighted by atomic mass is 32.2. The molecule has 1 aliphatic heterocycles. The van der Waals surface area contributed by atoms with Gasteiger partial charge in [0, 0.05) is 30.8 Å². The molecule has 1 saturated heterocycles. The molecule has 0 unspecified atom stereocenters. The van der Waals surface area contributed by atoms with Crippen LogP contribution >= 0.6 is 23.1 Å². The number of anilines is 2. The highest BCUT2D eigenvalue weighted by molar-refractivity contribution is 8.01. The highest BCUT2D eigenvalue weighted by Gasteiger charge is 2.27. The third-order valence-corrected chi connectivity index (χ3v) is 9.27. The lowest BCUT2D eigenvalue weighted by Gasteiger charge is -2.15. The number of methoxy groups -OCH3 is 1. The maximum atomic E-state index is 12.6. The first-order valence-electron chi connectivity index (χ1n) is 11.2. The van der Waals surface area contributed by atoms with E-state index in [0.29, 0.717) is 45.3 Å². The molecule has 0 aliphatic carbocycles. The second-order valence-corrected chi connectivity index (χ2v) is 12.1. The molecule has 2 N–H and O–H groups in total. The van der Waals surface area contributed by atoms with Gasteiger partial charge in [-0.1, -0.05) is 35.2 Å². The first-order chi connectivity index (χ1) is 17.4. The average molecular weight is 548 g/mol. The lowest BCUT2D eigenvalue weighted by atomic mass is 10.2. The van der Waals surface area contributed by atoms with Gasteiger partial charge in [0.25, 0.3) is 5.91 Å². The normalized spacial score (nSPS) is 13.9. The maximum absolute atomic E-state index is 12.6. The summed E-state index contributed by atoms with van der Waals surface area (Å²) < 4.78 is 32.6. The van der Waals surface area contributed by atoms with Gasteiger partial charge in [0.15, 0.2) is 4.34 Å². The van der Waals surface area contributed by atoms with Crippen LogP contribution in [0.5, 0.6) is 5.75 Å². The minimum Gasteiger partial charge on any atom is -0.495 e. The van der Waals surface area contributed by atoms with E-state index in [0.717, 1.165) is 12.8 Å². The van der Waals surface area contributed by atoms with Crippen molar-refractivity contribution < 1.29 is 22.7 Å². The van der Waals surface area contributed by atoms with Crippen LogP contribution in [0.3, 0.4) is 0 Å².